The van der Waals surface area contributed by atoms with Crippen LogP contribution in [0, 0.1) is 6.92 Å². The highest BCUT2D eigenvalue weighted by molar-refractivity contribution is 5.53. The first-order valence-electron chi connectivity index (χ1n) is 9.25. The van der Waals surface area contributed by atoms with Crippen LogP contribution in [-0.2, 0) is 6.54 Å². The SMILES string of the molecule is Cc1cnccc1CN1CCCC(c2nccnc2Nc2cnccn2)C1. The number of pyridine rings is 1. The van der Waals surface area contributed by atoms with E-state index in [0.29, 0.717) is 11.7 Å². The predicted molar refractivity (Wildman–Crippen MR) is 104 cm³/mol. The Hall–Kier alpha value is -2.93. The molecule has 1 unspecified atom stereocenters. The average Bonchev–Trinajstić information content (AvgIpc) is 2.71. The van der Waals surface area contributed by atoms with E-state index < -0.39 is 0 Å². The van der Waals surface area contributed by atoms with Gasteiger partial charge in [-0.3, -0.25) is 19.9 Å². The number of nitrogens with one attached hydrogen (secondary N) is 1. The van der Waals surface area contributed by atoms with Crippen molar-refractivity contribution in [2.75, 3.05) is 18.4 Å². The summed E-state index contributed by atoms with van der Waals surface area (Å²) in [5.41, 5.74) is 3.58. The highest BCUT2D eigenvalue weighted by atomic mass is 15.1. The molecule has 4 rings (SSSR count). The van der Waals surface area contributed by atoms with Crippen LogP contribution in [0.25, 0.3) is 0 Å². The van der Waals surface area contributed by atoms with Crippen molar-refractivity contribution in [3.8, 4) is 0 Å². The van der Waals surface area contributed by atoms with E-state index in [1.165, 1.54) is 11.1 Å². The number of hydrogen-bond donors (Lipinski definition) is 1. The van der Waals surface area contributed by atoms with Crippen LogP contribution >= 0.6 is 0 Å². The van der Waals surface area contributed by atoms with Crippen LogP contribution in [0.15, 0.2) is 49.4 Å². The molecule has 4 heterocycles. The summed E-state index contributed by atoms with van der Waals surface area (Å²) in [6.07, 6.45) is 14.6. The summed E-state index contributed by atoms with van der Waals surface area (Å²) in [7, 11) is 0. The van der Waals surface area contributed by atoms with E-state index in [2.05, 4.69) is 48.1 Å². The Morgan fingerprint density at radius 3 is 2.74 bits per heavy atom. The van der Waals surface area contributed by atoms with Crippen molar-refractivity contribution in [3.05, 3.63) is 66.3 Å². The van der Waals surface area contributed by atoms with Crippen molar-refractivity contribution < 1.29 is 0 Å². The molecule has 27 heavy (non-hydrogen) atoms. The van der Waals surface area contributed by atoms with Gasteiger partial charge in [0.05, 0.1) is 11.9 Å². The summed E-state index contributed by atoms with van der Waals surface area (Å²) in [5, 5.41) is 3.27. The molecule has 1 saturated heterocycles. The standard InChI is InChI=1S/C20H23N7/c1-15-11-21-5-4-16(15)13-27-10-2-3-17(14-27)19-20(25-9-8-24-19)26-18-12-22-6-7-23-18/h4-9,11-12,17H,2-3,10,13-14H2,1H3,(H,23,25,26). The number of aromatic nitrogens is 5. The number of likely N-dealkylation sites (tertiary alicyclic amines) is 1. The summed E-state index contributed by atoms with van der Waals surface area (Å²) in [4.78, 5) is 24.2. The van der Waals surface area contributed by atoms with Gasteiger partial charge in [0.1, 0.15) is 5.82 Å². The van der Waals surface area contributed by atoms with Gasteiger partial charge in [-0.05, 0) is 43.5 Å². The Morgan fingerprint density at radius 1 is 1.04 bits per heavy atom. The number of anilines is 2. The van der Waals surface area contributed by atoms with Crippen molar-refractivity contribution in [2.24, 2.45) is 0 Å². The molecular formula is C20H23N7. The average molecular weight is 361 g/mol. The van der Waals surface area contributed by atoms with E-state index in [1.54, 1.807) is 31.0 Å². The molecule has 0 saturated carbocycles. The van der Waals surface area contributed by atoms with Crippen LogP contribution in [0.2, 0.25) is 0 Å². The summed E-state index contributed by atoms with van der Waals surface area (Å²) in [6, 6.07) is 2.11. The lowest BCUT2D eigenvalue weighted by atomic mass is 9.93. The Morgan fingerprint density at radius 2 is 1.89 bits per heavy atom. The van der Waals surface area contributed by atoms with E-state index in [1.807, 2.05) is 12.4 Å². The molecule has 3 aromatic rings. The van der Waals surface area contributed by atoms with Gasteiger partial charge in [-0.15, -0.1) is 0 Å². The minimum absolute atomic E-state index is 0.341. The molecule has 1 aliphatic rings. The van der Waals surface area contributed by atoms with Crippen molar-refractivity contribution >= 4 is 11.6 Å². The van der Waals surface area contributed by atoms with Gasteiger partial charge >= 0.3 is 0 Å². The van der Waals surface area contributed by atoms with Crippen LogP contribution in [0.1, 0.15) is 35.6 Å². The molecule has 0 aromatic carbocycles. The number of piperidine rings is 1. The highest BCUT2D eigenvalue weighted by Gasteiger charge is 2.25. The maximum atomic E-state index is 4.65. The smallest absolute Gasteiger partial charge is 0.153 e. The molecule has 1 N–H and O–H groups in total. The summed E-state index contributed by atoms with van der Waals surface area (Å²) in [6.45, 7) is 5.13. The Bertz CT molecular complexity index is 884. The molecule has 0 bridgehead atoms. The zero-order valence-electron chi connectivity index (χ0n) is 15.4. The van der Waals surface area contributed by atoms with E-state index in [0.717, 1.165) is 44.0 Å². The summed E-state index contributed by atoms with van der Waals surface area (Å²) < 4.78 is 0. The van der Waals surface area contributed by atoms with Crippen LogP contribution in [-0.4, -0.2) is 42.9 Å². The normalized spacial score (nSPS) is 17.6. The Balaban J connectivity index is 1.51. The monoisotopic (exact) mass is 361 g/mol. The second-order valence-corrected chi connectivity index (χ2v) is 6.88. The lowest BCUT2D eigenvalue weighted by Gasteiger charge is -2.33. The van der Waals surface area contributed by atoms with Crippen molar-refractivity contribution in [3.63, 3.8) is 0 Å². The van der Waals surface area contributed by atoms with Gasteiger partial charge in [-0.25, -0.2) is 9.97 Å². The summed E-state index contributed by atoms with van der Waals surface area (Å²) in [5.74, 6) is 1.79. The molecule has 3 aromatic heterocycles. The Labute approximate surface area is 159 Å². The molecule has 138 valence electrons. The fourth-order valence-corrected chi connectivity index (χ4v) is 3.57. The van der Waals surface area contributed by atoms with E-state index in [4.69, 9.17) is 0 Å². The quantitative estimate of drug-likeness (QED) is 0.748. The molecule has 1 aliphatic heterocycles. The van der Waals surface area contributed by atoms with Gasteiger partial charge in [0.2, 0.25) is 0 Å². The zero-order valence-corrected chi connectivity index (χ0v) is 15.4. The molecule has 0 amide bonds. The fourth-order valence-electron chi connectivity index (χ4n) is 3.57. The fraction of sp³-hybridized carbons (Fsp3) is 0.350. The highest BCUT2D eigenvalue weighted by Crippen LogP contribution is 2.31. The lowest BCUT2D eigenvalue weighted by molar-refractivity contribution is 0.198. The molecule has 0 radical (unpaired) electrons. The maximum Gasteiger partial charge on any atom is 0.153 e. The van der Waals surface area contributed by atoms with Gasteiger partial charge in [0.15, 0.2) is 5.82 Å². The van der Waals surface area contributed by atoms with Crippen LogP contribution < -0.4 is 5.32 Å². The number of aryl methyl sites for hydroxylation is 1. The number of rotatable bonds is 5. The first-order chi connectivity index (χ1) is 13.3. The van der Waals surface area contributed by atoms with E-state index in [-0.39, 0.29) is 0 Å². The van der Waals surface area contributed by atoms with Gasteiger partial charge in [-0.1, -0.05) is 0 Å². The van der Waals surface area contributed by atoms with E-state index in [9.17, 15) is 0 Å². The third-order valence-corrected chi connectivity index (χ3v) is 4.96. The molecule has 1 fully saturated rings. The third-order valence-electron chi connectivity index (χ3n) is 4.96. The zero-order chi connectivity index (χ0) is 18.5. The number of hydrogen-bond acceptors (Lipinski definition) is 7. The lowest BCUT2D eigenvalue weighted by Crippen LogP contribution is -2.34. The molecule has 0 aliphatic carbocycles. The van der Waals surface area contributed by atoms with Gasteiger partial charge in [0.25, 0.3) is 0 Å². The second kappa shape index (κ2) is 8.18. The maximum absolute atomic E-state index is 4.65. The summed E-state index contributed by atoms with van der Waals surface area (Å²) >= 11 is 0. The van der Waals surface area contributed by atoms with Gasteiger partial charge < -0.3 is 5.32 Å². The largest absolute Gasteiger partial charge is 0.322 e. The van der Waals surface area contributed by atoms with Crippen LogP contribution in [0.4, 0.5) is 11.6 Å². The topological polar surface area (TPSA) is 79.7 Å². The Kier molecular flexibility index (Phi) is 5.29. The van der Waals surface area contributed by atoms with Crippen molar-refractivity contribution in [1.82, 2.24) is 29.8 Å². The van der Waals surface area contributed by atoms with Crippen LogP contribution in [0.3, 0.4) is 0 Å². The van der Waals surface area contributed by atoms with Gasteiger partial charge in [-0.2, -0.15) is 0 Å². The van der Waals surface area contributed by atoms with Gasteiger partial charge in [0, 0.05) is 56.2 Å². The predicted octanol–water partition coefficient (Wildman–Crippen LogP) is 3.09. The molecule has 1 atom stereocenters. The first kappa shape index (κ1) is 17.5. The van der Waals surface area contributed by atoms with Crippen molar-refractivity contribution in [1.29, 1.82) is 0 Å². The molecule has 7 heteroatoms. The van der Waals surface area contributed by atoms with Crippen LogP contribution in [0.5, 0.6) is 0 Å². The van der Waals surface area contributed by atoms with Crippen molar-refractivity contribution in [2.45, 2.75) is 32.2 Å². The van der Waals surface area contributed by atoms with E-state index >= 15 is 0 Å². The minimum Gasteiger partial charge on any atom is -0.322 e. The molecule has 7 nitrogen and oxygen atoms in total. The minimum atomic E-state index is 0.341. The second-order valence-electron chi connectivity index (χ2n) is 6.88. The third kappa shape index (κ3) is 4.25. The first-order valence-corrected chi connectivity index (χ1v) is 9.25. The molecule has 0 spiro atoms. The number of nitrogens with zero attached hydrogens (tertiary/aromatic N) is 6. The molecular weight excluding hydrogens is 338 g/mol.